The van der Waals surface area contributed by atoms with Gasteiger partial charge in [0, 0.05) is 12.3 Å². The standard InChI is InChI=1S/C27H31N2O9PS/c1-18(24(32)35-15-19-9-5-3-6-10-19)17-39(34,38-20-11-7-4-8-12-20)36-16-21-23(31)27(2,33)25(37-21)29-14-13-22(30)28-26(29)40/h3-14,18,21,23,25,31,33H,15-17H2,1-2H3,(H,28,30,40)/t18-,21-,23+,25-,27?,39-/m1/s1/i16D2. The van der Waals surface area contributed by atoms with Gasteiger partial charge in [-0.3, -0.25) is 23.7 Å². The Kier molecular flexibility index (Phi) is 8.52. The van der Waals surface area contributed by atoms with Gasteiger partial charge < -0.3 is 24.2 Å². The highest BCUT2D eigenvalue weighted by Gasteiger charge is 2.53. The average molecular weight is 593 g/mol. The monoisotopic (exact) mass is 592 g/mol. The van der Waals surface area contributed by atoms with Crippen LogP contribution in [0.15, 0.2) is 77.7 Å². The zero-order valence-corrected chi connectivity index (χ0v) is 23.4. The van der Waals surface area contributed by atoms with Crippen LogP contribution >= 0.6 is 19.8 Å². The van der Waals surface area contributed by atoms with Crippen molar-refractivity contribution in [2.45, 2.75) is 44.5 Å². The van der Waals surface area contributed by atoms with Crippen molar-refractivity contribution in [3.63, 3.8) is 0 Å². The van der Waals surface area contributed by atoms with Crippen molar-refractivity contribution in [2.75, 3.05) is 12.7 Å². The van der Waals surface area contributed by atoms with E-state index in [1.807, 2.05) is 6.07 Å². The summed E-state index contributed by atoms with van der Waals surface area (Å²) >= 11 is 5.14. The highest BCUT2D eigenvalue weighted by Crippen LogP contribution is 2.51. The Labute approximate surface area is 238 Å². The number of carbonyl (C=O) groups excluding carboxylic acids is 1. The van der Waals surface area contributed by atoms with Gasteiger partial charge in [0.2, 0.25) is 0 Å². The molecule has 1 unspecified atom stereocenters. The second-order valence-corrected chi connectivity index (χ2v) is 11.8. The van der Waals surface area contributed by atoms with E-state index in [0.717, 1.165) is 16.2 Å². The number of aliphatic hydroxyl groups is 2. The first-order valence-corrected chi connectivity index (χ1v) is 14.5. The van der Waals surface area contributed by atoms with Gasteiger partial charge in [0.1, 0.15) is 30.2 Å². The third-order valence-electron chi connectivity index (χ3n) is 6.18. The second-order valence-electron chi connectivity index (χ2n) is 9.50. The predicted octanol–water partition coefficient (Wildman–Crippen LogP) is 3.58. The summed E-state index contributed by atoms with van der Waals surface area (Å²) in [6.45, 7) is -0.426. The smallest absolute Gasteiger partial charge is 0.380 e. The zero-order chi connectivity index (χ0) is 30.7. The molecule has 214 valence electrons. The van der Waals surface area contributed by atoms with Crippen molar-refractivity contribution in [3.8, 4) is 5.75 Å². The van der Waals surface area contributed by atoms with Gasteiger partial charge in [-0.15, -0.1) is 0 Å². The van der Waals surface area contributed by atoms with Gasteiger partial charge in [-0.2, -0.15) is 0 Å². The number of hydrogen-bond donors (Lipinski definition) is 3. The molecule has 2 aromatic carbocycles. The van der Waals surface area contributed by atoms with Gasteiger partial charge in [-0.1, -0.05) is 55.5 Å². The summed E-state index contributed by atoms with van der Waals surface area (Å²) in [6, 6.07) is 17.9. The Morgan fingerprint density at radius 3 is 2.52 bits per heavy atom. The molecule has 1 aliphatic heterocycles. The highest BCUT2D eigenvalue weighted by atomic mass is 32.1. The van der Waals surface area contributed by atoms with Gasteiger partial charge in [0.05, 0.1) is 21.4 Å². The second kappa shape index (κ2) is 12.6. The normalized spacial score (nSPS) is 25.8. The summed E-state index contributed by atoms with van der Waals surface area (Å²) in [7, 11) is -4.52. The molecule has 3 aromatic rings. The van der Waals surface area contributed by atoms with Gasteiger partial charge in [0.25, 0.3) is 5.56 Å². The molecule has 1 fully saturated rings. The molecule has 4 rings (SSSR count). The van der Waals surface area contributed by atoms with E-state index >= 15 is 0 Å². The van der Waals surface area contributed by atoms with Crippen molar-refractivity contribution in [3.05, 3.63) is 93.6 Å². The number of aromatic amines is 1. The molecule has 0 aliphatic carbocycles. The minimum Gasteiger partial charge on any atom is -0.461 e. The van der Waals surface area contributed by atoms with E-state index < -0.39 is 61.8 Å². The maximum absolute atomic E-state index is 14.1. The molecule has 1 saturated heterocycles. The molecule has 6 atom stereocenters. The first-order chi connectivity index (χ1) is 19.7. The number of aliphatic hydroxyl groups excluding tert-OH is 1. The van der Waals surface area contributed by atoms with Gasteiger partial charge >= 0.3 is 13.6 Å². The van der Waals surface area contributed by atoms with Crippen molar-refractivity contribution < 1.29 is 40.8 Å². The number of carbonyl (C=O) groups is 1. The maximum Gasteiger partial charge on any atom is 0.380 e. The number of ether oxygens (including phenoxy) is 2. The van der Waals surface area contributed by atoms with Crippen LogP contribution in [0.1, 0.15) is 28.4 Å². The van der Waals surface area contributed by atoms with Crippen LogP contribution in [0, 0.1) is 10.7 Å². The third-order valence-corrected chi connectivity index (χ3v) is 8.36. The molecule has 1 aliphatic rings. The molecule has 0 amide bonds. The number of aromatic nitrogens is 2. The lowest BCUT2D eigenvalue weighted by Gasteiger charge is -2.28. The fourth-order valence-corrected chi connectivity index (χ4v) is 5.97. The van der Waals surface area contributed by atoms with Crippen molar-refractivity contribution >= 4 is 25.8 Å². The Hall–Kier alpha value is -3.12. The van der Waals surface area contributed by atoms with Crippen LogP contribution in [0.4, 0.5) is 0 Å². The molecular weight excluding hydrogens is 559 g/mol. The van der Waals surface area contributed by atoms with Gasteiger partial charge in [-0.25, -0.2) is 4.57 Å². The molecule has 1 aromatic heterocycles. The zero-order valence-electron chi connectivity index (χ0n) is 23.7. The summed E-state index contributed by atoms with van der Waals surface area (Å²) < 4.78 is 54.5. The lowest BCUT2D eigenvalue weighted by Crippen LogP contribution is -2.44. The average Bonchev–Trinajstić information content (AvgIpc) is 3.17. The van der Waals surface area contributed by atoms with Gasteiger partial charge in [-0.05, 0) is 36.8 Å². The highest BCUT2D eigenvalue weighted by molar-refractivity contribution is 7.71. The summed E-state index contributed by atoms with van der Waals surface area (Å²) in [5.41, 5.74) is -1.90. The van der Waals surface area contributed by atoms with E-state index in [4.69, 9.17) is 33.5 Å². The Balaban J connectivity index is 1.57. The molecule has 0 bridgehead atoms. The van der Waals surface area contributed by atoms with E-state index in [1.165, 1.54) is 32.2 Å². The molecule has 13 heteroatoms. The molecule has 0 saturated carbocycles. The number of nitrogens with one attached hydrogen (secondary N) is 1. The van der Waals surface area contributed by atoms with E-state index in [1.54, 1.807) is 42.5 Å². The van der Waals surface area contributed by atoms with Crippen LogP contribution in [0.2, 0.25) is 0 Å². The fraction of sp³-hybridized carbons (Fsp3) is 0.370. The quantitative estimate of drug-likeness (QED) is 0.171. The third kappa shape index (κ3) is 7.14. The topological polar surface area (TPSA) is 149 Å². The van der Waals surface area contributed by atoms with Crippen molar-refractivity contribution in [1.29, 1.82) is 0 Å². The van der Waals surface area contributed by atoms with E-state index in [9.17, 15) is 24.4 Å². The minimum atomic E-state index is -4.52. The number of hydrogen-bond acceptors (Lipinski definition) is 10. The lowest BCUT2D eigenvalue weighted by molar-refractivity contribution is -0.148. The first-order valence-electron chi connectivity index (χ1n) is 13.3. The van der Waals surface area contributed by atoms with Crippen LogP contribution in [-0.2, 0) is 30.0 Å². The molecule has 11 nitrogen and oxygen atoms in total. The minimum absolute atomic E-state index is 0.0264. The Bertz CT molecular complexity index is 1550. The first kappa shape index (κ1) is 27.1. The van der Waals surface area contributed by atoms with Crippen LogP contribution in [0.3, 0.4) is 0 Å². The molecular formula is C27H31N2O9PS. The van der Waals surface area contributed by atoms with Crippen LogP contribution in [0.25, 0.3) is 0 Å². The summed E-state index contributed by atoms with van der Waals surface area (Å²) in [5, 5.41) is 22.0. The number of benzene rings is 2. The largest absolute Gasteiger partial charge is 0.461 e. The summed E-state index contributed by atoms with van der Waals surface area (Å²) in [4.78, 5) is 26.8. The fourth-order valence-electron chi connectivity index (χ4n) is 4.00. The van der Waals surface area contributed by atoms with Crippen LogP contribution in [0.5, 0.6) is 5.75 Å². The number of nitrogens with zero attached hydrogens (tertiary/aromatic N) is 1. The van der Waals surface area contributed by atoms with Crippen LogP contribution < -0.4 is 10.1 Å². The van der Waals surface area contributed by atoms with Gasteiger partial charge in [0.15, 0.2) is 11.0 Å². The molecule has 40 heavy (non-hydrogen) atoms. The molecule has 2 heterocycles. The maximum atomic E-state index is 14.1. The van der Waals surface area contributed by atoms with E-state index in [2.05, 4.69) is 4.98 Å². The SMILES string of the molecule is [2H]C([2H])(O[P@](=O)(C[C@@H](C)C(=O)OCc1ccccc1)Oc1ccccc1)[C@H]1O[C@@H](n2ccc(=O)[nH]c2=S)C(C)(O)[C@H]1O. The van der Waals surface area contributed by atoms with Crippen molar-refractivity contribution in [1.82, 2.24) is 9.55 Å². The molecule has 3 N–H and O–H groups in total. The number of rotatable bonds is 11. The summed E-state index contributed by atoms with van der Waals surface area (Å²) in [5.74, 6) is -1.69. The molecule has 0 radical (unpaired) electrons. The Morgan fingerprint density at radius 2 is 1.88 bits per heavy atom. The van der Waals surface area contributed by atoms with E-state index in [0.29, 0.717) is 0 Å². The number of H-pyrrole nitrogens is 1. The Morgan fingerprint density at radius 1 is 1.23 bits per heavy atom. The van der Waals surface area contributed by atoms with Crippen LogP contribution in [-0.4, -0.2) is 56.3 Å². The lowest BCUT2D eigenvalue weighted by atomic mass is 9.96. The predicted molar refractivity (Wildman–Crippen MR) is 147 cm³/mol. The molecule has 0 spiro atoms. The number of para-hydroxylation sites is 1. The van der Waals surface area contributed by atoms with Crippen molar-refractivity contribution in [2.24, 2.45) is 5.92 Å². The van der Waals surface area contributed by atoms with E-state index in [-0.39, 0.29) is 17.1 Å². The summed E-state index contributed by atoms with van der Waals surface area (Å²) in [6.07, 6.45) is -4.63. The number of esters is 1.